The minimum absolute atomic E-state index is 0.0644. The maximum Gasteiger partial charge on any atom is 0.355 e. The number of carboxylic acid groups (broad SMARTS) is 1. The third-order valence-electron chi connectivity index (χ3n) is 4.35. The second-order valence-electron chi connectivity index (χ2n) is 6.84. The van der Waals surface area contributed by atoms with Crippen LogP contribution in [0.1, 0.15) is 60.8 Å². The monoisotopic (exact) mass is 364 g/mol. The van der Waals surface area contributed by atoms with Gasteiger partial charge in [-0.2, -0.15) is 5.10 Å². The van der Waals surface area contributed by atoms with Gasteiger partial charge in [-0.05, 0) is 23.6 Å². The summed E-state index contributed by atoms with van der Waals surface area (Å²) in [5.41, 5.74) is 2.63. The number of benzene rings is 1. The lowest BCUT2D eigenvalue weighted by atomic mass is 10.0. The first kappa shape index (κ1) is 18.8. The largest absolute Gasteiger partial charge is 0.476 e. The van der Waals surface area contributed by atoms with Crippen LogP contribution in [-0.4, -0.2) is 30.8 Å². The molecule has 2 aromatic heterocycles. The summed E-state index contributed by atoms with van der Waals surface area (Å²) in [5.74, 6) is 1.10. The molecular weight excluding hydrogens is 340 g/mol. The zero-order chi connectivity index (χ0) is 19.4. The van der Waals surface area contributed by atoms with Gasteiger partial charge in [-0.25, -0.2) is 19.4 Å². The van der Waals surface area contributed by atoms with Gasteiger partial charge in [-0.1, -0.05) is 51.1 Å². The minimum atomic E-state index is -1.02. The lowest BCUT2D eigenvalue weighted by molar-refractivity contribution is 0.0691. The highest BCUT2D eigenvalue weighted by molar-refractivity contribution is 5.93. The van der Waals surface area contributed by atoms with E-state index in [0.717, 1.165) is 35.7 Å². The molecule has 3 rings (SSSR count). The standard InChI is InChI=1S/C21H24N4O2/c1-4-12-25-18(23-20(24-25)14(2)3)13-15-7-9-16(10-8-15)17-6-5-11-22-19(17)21(26)27/h5-11,14H,4,12-13H2,1-3H3,(H,26,27). The molecule has 3 aromatic rings. The van der Waals surface area contributed by atoms with Crippen molar-refractivity contribution in [3.8, 4) is 11.1 Å². The van der Waals surface area contributed by atoms with Gasteiger partial charge in [0.1, 0.15) is 5.82 Å². The number of aryl methyl sites for hydroxylation is 1. The fourth-order valence-electron chi connectivity index (χ4n) is 2.95. The molecule has 0 bridgehead atoms. The van der Waals surface area contributed by atoms with E-state index < -0.39 is 5.97 Å². The van der Waals surface area contributed by atoms with Gasteiger partial charge in [0.05, 0.1) is 0 Å². The number of hydrogen-bond acceptors (Lipinski definition) is 4. The Bertz CT molecular complexity index is 930. The average Bonchev–Trinajstić information content (AvgIpc) is 3.05. The zero-order valence-corrected chi connectivity index (χ0v) is 15.9. The quantitative estimate of drug-likeness (QED) is 0.681. The predicted octanol–water partition coefficient (Wildman–Crippen LogP) is 4.16. The molecule has 0 aliphatic rings. The van der Waals surface area contributed by atoms with E-state index in [1.165, 1.54) is 6.20 Å². The fraction of sp³-hybridized carbons (Fsp3) is 0.333. The number of hydrogen-bond donors (Lipinski definition) is 1. The van der Waals surface area contributed by atoms with Crippen LogP contribution in [0.3, 0.4) is 0 Å². The van der Waals surface area contributed by atoms with E-state index in [4.69, 9.17) is 4.98 Å². The molecule has 1 N–H and O–H groups in total. The smallest absolute Gasteiger partial charge is 0.355 e. The number of nitrogens with zero attached hydrogens (tertiary/aromatic N) is 4. The second-order valence-corrected chi connectivity index (χ2v) is 6.84. The Kier molecular flexibility index (Phi) is 5.64. The molecule has 0 saturated heterocycles. The van der Waals surface area contributed by atoms with Crippen LogP contribution in [0.2, 0.25) is 0 Å². The first-order chi connectivity index (χ1) is 13.0. The second kappa shape index (κ2) is 8.12. The van der Waals surface area contributed by atoms with Gasteiger partial charge in [0.2, 0.25) is 0 Å². The molecule has 0 saturated carbocycles. The Labute approximate surface area is 158 Å². The van der Waals surface area contributed by atoms with Crippen molar-refractivity contribution in [3.05, 3.63) is 65.5 Å². The minimum Gasteiger partial charge on any atom is -0.476 e. The number of aromatic nitrogens is 4. The zero-order valence-electron chi connectivity index (χ0n) is 15.9. The van der Waals surface area contributed by atoms with E-state index in [1.54, 1.807) is 12.1 Å². The Balaban J connectivity index is 1.86. The van der Waals surface area contributed by atoms with Crippen molar-refractivity contribution in [3.63, 3.8) is 0 Å². The van der Waals surface area contributed by atoms with Crippen molar-refractivity contribution in [2.45, 2.75) is 46.1 Å². The SMILES string of the molecule is CCCn1nc(C(C)C)nc1Cc1ccc(-c2cccnc2C(=O)O)cc1. The van der Waals surface area contributed by atoms with E-state index in [2.05, 4.69) is 30.9 Å². The third-order valence-corrected chi connectivity index (χ3v) is 4.35. The lowest BCUT2D eigenvalue weighted by Crippen LogP contribution is -2.06. The van der Waals surface area contributed by atoms with Crippen LogP contribution in [0, 0.1) is 0 Å². The van der Waals surface area contributed by atoms with E-state index in [0.29, 0.717) is 17.9 Å². The number of carbonyl (C=O) groups is 1. The van der Waals surface area contributed by atoms with Crippen LogP contribution in [0.15, 0.2) is 42.6 Å². The summed E-state index contributed by atoms with van der Waals surface area (Å²) in [6.07, 6.45) is 3.19. The molecule has 6 nitrogen and oxygen atoms in total. The van der Waals surface area contributed by atoms with Gasteiger partial charge < -0.3 is 5.11 Å². The molecule has 0 aliphatic carbocycles. The van der Waals surface area contributed by atoms with Gasteiger partial charge in [-0.15, -0.1) is 0 Å². The fourth-order valence-corrected chi connectivity index (χ4v) is 2.95. The van der Waals surface area contributed by atoms with Crippen molar-refractivity contribution in [1.82, 2.24) is 19.7 Å². The summed E-state index contributed by atoms with van der Waals surface area (Å²) >= 11 is 0. The van der Waals surface area contributed by atoms with Crippen LogP contribution in [0.25, 0.3) is 11.1 Å². The summed E-state index contributed by atoms with van der Waals surface area (Å²) in [7, 11) is 0. The molecular formula is C21H24N4O2. The van der Waals surface area contributed by atoms with E-state index in [1.807, 2.05) is 28.9 Å². The van der Waals surface area contributed by atoms with E-state index >= 15 is 0 Å². The molecule has 0 aliphatic heterocycles. The highest BCUT2D eigenvalue weighted by Gasteiger charge is 2.14. The van der Waals surface area contributed by atoms with Crippen molar-refractivity contribution in [1.29, 1.82) is 0 Å². The molecule has 0 amide bonds. The Hall–Kier alpha value is -3.02. The molecule has 0 radical (unpaired) electrons. The van der Waals surface area contributed by atoms with Gasteiger partial charge in [0.15, 0.2) is 11.5 Å². The molecule has 2 heterocycles. The summed E-state index contributed by atoms with van der Waals surface area (Å²) in [5, 5.41) is 13.9. The summed E-state index contributed by atoms with van der Waals surface area (Å²) < 4.78 is 1.99. The highest BCUT2D eigenvalue weighted by Crippen LogP contribution is 2.23. The molecule has 27 heavy (non-hydrogen) atoms. The number of carboxylic acids is 1. The molecule has 1 aromatic carbocycles. The molecule has 0 spiro atoms. The first-order valence-corrected chi connectivity index (χ1v) is 9.20. The summed E-state index contributed by atoms with van der Waals surface area (Å²) in [6.45, 7) is 7.17. The Morgan fingerprint density at radius 3 is 2.56 bits per heavy atom. The van der Waals surface area contributed by atoms with Crippen molar-refractivity contribution < 1.29 is 9.90 Å². The van der Waals surface area contributed by atoms with E-state index in [9.17, 15) is 9.90 Å². The predicted molar refractivity (Wildman–Crippen MR) is 104 cm³/mol. The number of aromatic carboxylic acids is 1. The maximum atomic E-state index is 11.4. The highest BCUT2D eigenvalue weighted by atomic mass is 16.4. The summed E-state index contributed by atoms with van der Waals surface area (Å²) in [4.78, 5) is 20.1. The third kappa shape index (κ3) is 4.22. The van der Waals surface area contributed by atoms with Crippen molar-refractivity contribution >= 4 is 5.97 Å². The van der Waals surface area contributed by atoms with Gasteiger partial charge in [-0.3, -0.25) is 0 Å². The van der Waals surface area contributed by atoms with Crippen LogP contribution >= 0.6 is 0 Å². The Morgan fingerprint density at radius 1 is 1.19 bits per heavy atom. The molecule has 0 fully saturated rings. The number of rotatable bonds is 7. The van der Waals surface area contributed by atoms with Crippen LogP contribution in [-0.2, 0) is 13.0 Å². The van der Waals surface area contributed by atoms with Crippen molar-refractivity contribution in [2.75, 3.05) is 0 Å². The molecule has 140 valence electrons. The normalized spacial score (nSPS) is 11.1. The van der Waals surface area contributed by atoms with Gasteiger partial charge >= 0.3 is 5.97 Å². The molecule has 6 heteroatoms. The molecule has 0 atom stereocenters. The van der Waals surface area contributed by atoms with Crippen LogP contribution < -0.4 is 0 Å². The topological polar surface area (TPSA) is 80.9 Å². The average molecular weight is 364 g/mol. The molecule has 0 unspecified atom stereocenters. The first-order valence-electron chi connectivity index (χ1n) is 9.20. The van der Waals surface area contributed by atoms with Gasteiger partial charge in [0.25, 0.3) is 0 Å². The van der Waals surface area contributed by atoms with Crippen molar-refractivity contribution in [2.24, 2.45) is 0 Å². The van der Waals surface area contributed by atoms with Gasteiger partial charge in [0, 0.05) is 30.6 Å². The summed E-state index contributed by atoms with van der Waals surface area (Å²) in [6, 6.07) is 11.4. The maximum absolute atomic E-state index is 11.4. The number of pyridine rings is 1. The lowest BCUT2D eigenvalue weighted by Gasteiger charge is -2.07. The van der Waals surface area contributed by atoms with E-state index in [-0.39, 0.29) is 5.69 Å². The van der Waals surface area contributed by atoms with Crippen LogP contribution in [0.4, 0.5) is 0 Å². The van der Waals surface area contributed by atoms with Crippen LogP contribution in [0.5, 0.6) is 0 Å². The Morgan fingerprint density at radius 2 is 1.93 bits per heavy atom.